The molecule has 108 valence electrons. The maximum Gasteiger partial charge on any atom is 0.316 e. The van der Waals surface area contributed by atoms with E-state index in [1.54, 1.807) is 0 Å². The molecular weight excluding hydrogens is 260 g/mol. The molecule has 1 heterocycles. The monoisotopic (exact) mass is 278 g/mol. The van der Waals surface area contributed by atoms with E-state index in [0.29, 0.717) is 25.9 Å². The molecule has 1 unspecified atom stereocenters. The van der Waals surface area contributed by atoms with Crippen LogP contribution in [-0.4, -0.2) is 38.4 Å². The van der Waals surface area contributed by atoms with Crippen molar-refractivity contribution >= 4 is 12.3 Å². The van der Waals surface area contributed by atoms with Crippen LogP contribution in [-0.2, 0) is 30.2 Å². The molecule has 1 fully saturated rings. The number of rotatable bonds is 6. The van der Waals surface area contributed by atoms with Gasteiger partial charge in [-0.3, -0.25) is 4.79 Å². The first-order chi connectivity index (χ1) is 9.69. The standard InChI is InChI=1S/C15H18O5/c1-18-14(17)13(11-16)10-15(19-7-8-20-15)9-12-5-3-2-4-6-12/h2-6,11,13H,7-10H2,1H3. The third-order valence-corrected chi connectivity index (χ3v) is 3.33. The van der Waals surface area contributed by atoms with E-state index < -0.39 is 17.7 Å². The van der Waals surface area contributed by atoms with Crippen molar-refractivity contribution in [1.82, 2.24) is 0 Å². The summed E-state index contributed by atoms with van der Waals surface area (Å²) in [6.45, 7) is 0.916. The Morgan fingerprint density at radius 2 is 2.00 bits per heavy atom. The van der Waals surface area contributed by atoms with Gasteiger partial charge in [0.25, 0.3) is 0 Å². The summed E-state index contributed by atoms with van der Waals surface area (Å²) in [6, 6.07) is 9.70. The van der Waals surface area contributed by atoms with Gasteiger partial charge in [0.1, 0.15) is 12.2 Å². The molecule has 0 radical (unpaired) electrons. The average molecular weight is 278 g/mol. The van der Waals surface area contributed by atoms with Crippen molar-refractivity contribution in [3.8, 4) is 0 Å². The number of hydrogen-bond acceptors (Lipinski definition) is 5. The highest BCUT2D eigenvalue weighted by molar-refractivity contribution is 5.87. The third-order valence-electron chi connectivity index (χ3n) is 3.33. The van der Waals surface area contributed by atoms with E-state index in [2.05, 4.69) is 4.74 Å². The van der Waals surface area contributed by atoms with Crippen molar-refractivity contribution < 1.29 is 23.8 Å². The van der Waals surface area contributed by atoms with E-state index in [9.17, 15) is 9.59 Å². The first-order valence-electron chi connectivity index (χ1n) is 6.54. The maximum atomic E-state index is 11.6. The van der Waals surface area contributed by atoms with Crippen LogP contribution in [0.3, 0.4) is 0 Å². The normalized spacial score (nSPS) is 18.4. The zero-order chi connectivity index (χ0) is 14.4. The van der Waals surface area contributed by atoms with E-state index in [0.717, 1.165) is 5.56 Å². The van der Waals surface area contributed by atoms with Crippen LogP contribution in [0.4, 0.5) is 0 Å². The molecule has 1 atom stereocenters. The highest BCUT2D eigenvalue weighted by Crippen LogP contribution is 2.31. The number of hydrogen-bond donors (Lipinski definition) is 0. The van der Waals surface area contributed by atoms with Crippen molar-refractivity contribution in [3.63, 3.8) is 0 Å². The number of esters is 1. The molecule has 1 saturated heterocycles. The second-order valence-electron chi connectivity index (χ2n) is 4.74. The molecule has 1 aromatic carbocycles. The molecule has 2 rings (SSSR count). The van der Waals surface area contributed by atoms with Crippen molar-refractivity contribution in [2.75, 3.05) is 20.3 Å². The summed E-state index contributed by atoms with van der Waals surface area (Å²) in [5, 5.41) is 0. The van der Waals surface area contributed by atoms with Crippen molar-refractivity contribution in [2.24, 2.45) is 5.92 Å². The van der Waals surface area contributed by atoms with Crippen LogP contribution < -0.4 is 0 Å². The average Bonchev–Trinajstić information content (AvgIpc) is 2.93. The molecule has 0 N–H and O–H groups in total. The summed E-state index contributed by atoms with van der Waals surface area (Å²) in [4.78, 5) is 22.6. The molecule has 1 aliphatic heterocycles. The Balaban J connectivity index is 2.13. The molecule has 0 aliphatic carbocycles. The fourth-order valence-electron chi connectivity index (χ4n) is 2.37. The van der Waals surface area contributed by atoms with Crippen LogP contribution in [0.5, 0.6) is 0 Å². The van der Waals surface area contributed by atoms with Crippen LogP contribution in [0.2, 0.25) is 0 Å². The highest BCUT2D eigenvalue weighted by Gasteiger charge is 2.41. The zero-order valence-electron chi connectivity index (χ0n) is 11.4. The summed E-state index contributed by atoms with van der Waals surface area (Å²) in [7, 11) is 1.26. The zero-order valence-corrected chi connectivity index (χ0v) is 11.4. The molecule has 1 aliphatic rings. The predicted molar refractivity (Wildman–Crippen MR) is 71.0 cm³/mol. The molecule has 5 nitrogen and oxygen atoms in total. The number of ether oxygens (including phenoxy) is 3. The largest absolute Gasteiger partial charge is 0.468 e. The molecule has 0 bridgehead atoms. The molecule has 0 amide bonds. The smallest absolute Gasteiger partial charge is 0.316 e. The summed E-state index contributed by atoms with van der Waals surface area (Å²) < 4.78 is 16.0. The van der Waals surface area contributed by atoms with Gasteiger partial charge in [-0.2, -0.15) is 0 Å². The molecule has 0 saturated carbocycles. The van der Waals surface area contributed by atoms with Gasteiger partial charge in [0.15, 0.2) is 5.79 Å². The number of benzene rings is 1. The summed E-state index contributed by atoms with van der Waals surface area (Å²) in [5.74, 6) is -2.37. The minimum absolute atomic E-state index is 0.165. The van der Waals surface area contributed by atoms with Gasteiger partial charge in [0, 0.05) is 12.8 Å². The molecule has 0 aromatic heterocycles. The first-order valence-corrected chi connectivity index (χ1v) is 6.54. The Labute approximate surface area is 117 Å². The number of carbonyl (C=O) groups is 2. The van der Waals surface area contributed by atoms with E-state index in [4.69, 9.17) is 9.47 Å². The Morgan fingerprint density at radius 1 is 1.35 bits per heavy atom. The van der Waals surface area contributed by atoms with Gasteiger partial charge in [-0.15, -0.1) is 0 Å². The third kappa shape index (κ3) is 3.43. The predicted octanol–water partition coefficient (Wildman–Crippen LogP) is 1.35. The number of carbonyl (C=O) groups excluding carboxylic acids is 2. The second-order valence-corrected chi connectivity index (χ2v) is 4.74. The minimum atomic E-state index is -0.929. The van der Waals surface area contributed by atoms with E-state index in [-0.39, 0.29) is 6.42 Å². The number of aldehydes is 1. The molecular formula is C15H18O5. The van der Waals surface area contributed by atoms with Gasteiger partial charge in [-0.25, -0.2) is 0 Å². The maximum absolute atomic E-state index is 11.6. The summed E-state index contributed by atoms with van der Waals surface area (Å²) >= 11 is 0. The lowest BCUT2D eigenvalue weighted by Gasteiger charge is -2.29. The van der Waals surface area contributed by atoms with Crippen molar-refractivity contribution in [2.45, 2.75) is 18.6 Å². The van der Waals surface area contributed by atoms with Gasteiger partial charge in [-0.1, -0.05) is 30.3 Å². The summed E-state index contributed by atoms with van der Waals surface area (Å²) in [5.41, 5.74) is 1.03. The van der Waals surface area contributed by atoms with E-state index in [1.807, 2.05) is 30.3 Å². The first kappa shape index (κ1) is 14.7. The lowest BCUT2D eigenvalue weighted by Crippen LogP contribution is -2.38. The second kappa shape index (κ2) is 6.63. The van der Waals surface area contributed by atoms with E-state index >= 15 is 0 Å². The van der Waals surface area contributed by atoms with Crippen LogP contribution in [0.15, 0.2) is 30.3 Å². The molecule has 1 aromatic rings. The SMILES string of the molecule is COC(=O)C(C=O)CC1(Cc2ccccc2)OCCO1. The van der Waals surface area contributed by atoms with Crippen molar-refractivity contribution in [3.05, 3.63) is 35.9 Å². The lowest BCUT2D eigenvalue weighted by molar-refractivity contribution is -0.178. The Kier molecular flexibility index (Phi) is 4.87. The van der Waals surface area contributed by atoms with Gasteiger partial charge in [0.05, 0.1) is 20.3 Å². The Bertz CT molecular complexity index is 451. The number of methoxy groups -OCH3 is 1. The van der Waals surface area contributed by atoms with Crippen molar-refractivity contribution in [1.29, 1.82) is 0 Å². The quantitative estimate of drug-likeness (QED) is 0.446. The topological polar surface area (TPSA) is 61.8 Å². The lowest BCUT2D eigenvalue weighted by atomic mass is 9.94. The molecule has 20 heavy (non-hydrogen) atoms. The highest BCUT2D eigenvalue weighted by atomic mass is 16.7. The van der Waals surface area contributed by atoms with Gasteiger partial charge in [-0.05, 0) is 5.56 Å². The van der Waals surface area contributed by atoms with Crippen LogP contribution in [0, 0.1) is 5.92 Å². The Hall–Kier alpha value is -1.72. The van der Waals surface area contributed by atoms with E-state index in [1.165, 1.54) is 7.11 Å². The fraction of sp³-hybridized carbons (Fsp3) is 0.467. The van der Waals surface area contributed by atoms with Crippen LogP contribution >= 0.6 is 0 Å². The van der Waals surface area contributed by atoms with Crippen LogP contribution in [0.25, 0.3) is 0 Å². The Morgan fingerprint density at radius 3 is 2.55 bits per heavy atom. The van der Waals surface area contributed by atoms with Gasteiger partial charge >= 0.3 is 5.97 Å². The van der Waals surface area contributed by atoms with Gasteiger partial charge in [0.2, 0.25) is 0 Å². The molecule has 0 spiro atoms. The van der Waals surface area contributed by atoms with Gasteiger partial charge < -0.3 is 19.0 Å². The molecule has 5 heteroatoms. The fourth-order valence-corrected chi connectivity index (χ4v) is 2.37. The minimum Gasteiger partial charge on any atom is -0.468 e. The summed E-state index contributed by atoms with van der Waals surface area (Å²) in [6.07, 6.45) is 1.25. The van der Waals surface area contributed by atoms with Crippen LogP contribution in [0.1, 0.15) is 12.0 Å².